The molecule has 0 atom stereocenters. The zero-order chi connectivity index (χ0) is 15.1. The second-order valence-corrected chi connectivity index (χ2v) is 5.92. The predicted molar refractivity (Wildman–Crippen MR) is 89.2 cm³/mol. The summed E-state index contributed by atoms with van der Waals surface area (Å²) in [6.45, 7) is 4.75. The molecule has 2 N–H and O–H groups in total. The normalized spacial score (nSPS) is 12.2. The van der Waals surface area contributed by atoms with Gasteiger partial charge in [0.15, 0.2) is 5.84 Å². The topological polar surface area (TPSA) is 56.8 Å². The lowest BCUT2D eigenvalue weighted by Gasteiger charge is -2.16. The van der Waals surface area contributed by atoms with Gasteiger partial charge in [-0.1, -0.05) is 15.9 Å². The number of halogens is 3. The van der Waals surface area contributed by atoms with Gasteiger partial charge in [-0.15, -0.1) is 0 Å². The Morgan fingerprint density at radius 1 is 1.40 bits per heavy atom. The molecule has 0 aliphatic heterocycles. The first-order valence-corrected chi connectivity index (χ1v) is 8.03. The van der Waals surface area contributed by atoms with Crippen molar-refractivity contribution in [3.63, 3.8) is 0 Å². The van der Waals surface area contributed by atoms with Crippen LogP contribution >= 0.6 is 38.5 Å². The number of amidine groups is 1. The second-order valence-electron chi connectivity index (χ2n) is 3.84. The van der Waals surface area contributed by atoms with Crippen molar-refractivity contribution in [2.75, 3.05) is 13.2 Å². The number of hydrogen-bond acceptors (Lipinski definition) is 3. The molecule has 1 rings (SSSR count). The van der Waals surface area contributed by atoms with Crippen molar-refractivity contribution in [2.45, 2.75) is 26.7 Å². The van der Waals surface area contributed by atoms with E-state index in [0.717, 1.165) is 4.47 Å². The van der Waals surface area contributed by atoms with Gasteiger partial charge in [0.25, 0.3) is 0 Å². The van der Waals surface area contributed by atoms with Crippen molar-refractivity contribution >= 4 is 44.4 Å². The highest BCUT2D eigenvalue weighted by Gasteiger charge is 2.14. The number of nitrogens with two attached hydrogens (primary N) is 1. The number of benzene rings is 1. The Hall–Kier alpha value is -0.250. The molecule has 0 aliphatic rings. The number of hydrogen-bond donors (Lipinski definition) is 1. The van der Waals surface area contributed by atoms with Gasteiger partial charge >= 0.3 is 0 Å². The lowest BCUT2D eigenvalue weighted by molar-refractivity contribution is -0.0907. The van der Waals surface area contributed by atoms with Crippen LogP contribution in [0.1, 0.15) is 19.4 Å². The molecule has 4 nitrogen and oxygen atoms in total. The SMILES string of the molecule is CCOC(OCC)C(N)=NCc1cc(Br)cc(I)c1F. The molecule has 0 aromatic heterocycles. The third-order valence-corrected chi connectivity index (χ3v) is 3.62. The lowest BCUT2D eigenvalue weighted by Crippen LogP contribution is -2.34. The van der Waals surface area contributed by atoms with E-state index in [1.807, 2.05) is 36.4 Å². The highest BCUT2D eigenvalue weighted by Crippen LogP contribution is 2.22. The van der Waals surface area contributed by atoms with Gasteiger partial charge in [0.05, 0.1) is 10.1 Å². The minimum absolute atomic E-state index is 0.143. The van der Waals surface area contributed by atoms with E-state index in [1.165, 1.54) is 0 Å². The largest absolute Gasteiger partial charge is 0.383 e. The van der Waals surface area contributed by atoms with Crippen LogP contribution in [0.4, 0.5) is 4.39 Å². The minimum atomic E-state index is -0.681. The molecule has 0 spiro atoms. The molecule has 0 saturated heterocycles. The Morgan fingerprint density at radius 2 is 2.00 bits per heavy atom. The van der Waals surface area contributed by atoms with Gasteiger partial charge < -0.3 is 15.2 Å². The van der Waals surface area contributed by atoms with E-state index in [0.29, 0.717) is 22.3 Å². The summed E-state index contributed by atoms with van der Waals surface area (Å²) in [6, 6.07) is 3.39. The summed E-state index contributed by atoms with van der Waals surface area (Å²) in [4.78, 5) is 4.16. The molecule has 112 valence electrons. The van der Waals surface area contributed by atoms with Crippen LogP contribution in [0.15, 0.2) is 21.6 Å². The molecule has 1 aromatic carbocycles. The van der Waals surface area contributed by atoms with Crippen LogP contribution in [-0.4, -0.2) is 25.3 Å². The molecular weight excluding hydrogens is 442 g/mol. The molecule has 7 heteroatoms. The van der Waals surface area contributed by atoms with Crippen LogP contribution in [0.3, 0.4) is 0 Å². The number of nitrogens with zero attached hydrogens (tertiary/aromatic N) is 1. The van der Waals surface area contributed by atoms with Crippen LogP contribution in [0.5, 0.6) is 0 Å². The van der Waals surface area contributed by atoms with Gasteiger partial charge in [-0.2, -0.15) is 0 Å². The molecule has 0 aliphatic carbocycles. The minimum Gasteiger partial charge on any atom is -0.383 e. The zero-order valence-corrected chi connectivity index (χ0v) is 15.1. The molecule has 0 saturated carbocycles. The van der Waals surface area contributed by atoms with E-state index in [9.17, 15) is 4.39 Å². The molecule has 0 unspecified atom stereocenters. The fraction of sp³-hybridized carbons (Fsp3) is 0.462. The maximum absolute atomic E-state index is 13.9. The molecule has 1 aromatic rings. The van der Waals surface area contributed by atoms with Gasteiger partial charge in [0, 0.05) is 23.2 Å². The molecule has 0 bridgehead atoms. The molecule has 0 fully saturated rings. The molecule has 0 amide bonds. The van der Waals surface area contributed by atoms with Gasteiger partial charge in [-0.05, 0) is 48.6 Å². The maximum Gasteiger partial charge on any atom is 0.216 e. The number of rotatable bonds is 7. The lowest BCUT2D eigenvalue weighted by atomic mass is 10.2. The van der Waals surface area contributed by atoms with E-state index in [4.69, 9.17) is 15.2 Å². The van der Waals surface area contributed by atoms with E-state index < -0.39 is 6.29 Å². The first-order chi connectivity index (χ1) is 9.49. The highest BCUT2D eigenvalue weighted by molar-refractivity contribution is 14.1. The first kappa shape index (κ1) is 17.8. The first-order valence-electron chi connectivity index (χ1n) is 6.16. The Balaban J connectivity index is 2.84. The summed E-state index contributed by atoms with van der Waals surface area (Å²) in [7, 11) is 0. The summed E-state index contributed by atoms with van der Waals surface area (Å²) in [5, 5.41) is 0. The molecule has 20 heavy (non-hydrogen) atoms. The summed E-state index contributed by atoms with van der Waals surface area (Å²) < 4.78 is 25.9. The standard InChI is InChI=1S/C13H17BrFIN2O2/c1-3-19-13(20-4-2)12(17)18-7-8-5-9(14)6-10(16)11(8)15/h5-6,13H,3-4,7H2,1-2H3,(H2,17,18). The maximum atomic E-state index is 13.9. The third kappa shape index (κ3) is 5.27. The van der Waals surface area contributed by atoms with Crippen LogP contribution in [0.25, 0.3) is 0 Å². The van der Waals surface area contributed by atoms with Gasteiger partial charge in [0.2, 0.25) is 6.29 Å². The molecule has 0 heterocycles. The van der Waals surface area contributed by atoms with E-state index in [2.05, 4.69) is 20.9 Å². The molecular formula is C13H17BrFIN2O2. The van der Waals surface area contributed by atoms with Crippen LogP contribution in [0.2, 0.25) is 0 Å². The van der Waals surface area contributed by atoms with Gasteiger partial charge in [0.1, 0.15) is 5.82 Å². The smallest absolute Gasteiger partial charge is 0.216 e. The predicted octanol–water partition coefficient (Wildman–Crippen LogP) is 3.45. The van der Waals surface area contributed by atoms with E-state index >= 15 is 0 Å². The van der Waals surface area contributed by atoms with Gasteiger partial charge in [-0.3, -0.25) is 4.99 Å². The van der Waals surface area contributed by atoms with Crippen molar-refractivity contribution in [1.29, 1.82) is 0 Å². The highest BCUT2D eigenvalue weighted by atomic mass is 127. The average molecular weight is 459 g/mol. The van der Waals surface area contributed by atoms with E-state index in [1.54, 1.807) is 12.1 Å². The quantitative estimate of drug-likeness (QED) is 0.224. The Labute approximate surface area is 140 Å². The van der Waals surface area contributed by atoms with Crippen molar-refractivity contribution in [3.8, 4) is 0 Å². The zero-order valence-electron chi connectivity index (χ0n) is 11.3. The Bertz CT molecular complexity index is 480. The van der Waals surface area contributed by atoms with E-state index in [-0.39, 0.29) is 18.2 Å². The van der Waals surface area contributed by atoms with Crippen LogP contribution < -0.4 is 5.73 Å². The van der Waals surface area contributed by atoms with Crippen LogP contribution in [0, 0.1) is 9.39 Å². The second kappa shape index (κ2) is 8.91. The summed E-state index contributed by atoms with van der Waals surface area (Å²) in [5.41, 5.74) is 6.30. The fourth-order valence-corrected chi connectivity index (χ4v) is 3.11. The monoisotopic (exact) mass is 458 g/mol. The van der Waals surface area contributed by atoms with Crippen molar-refractivity contribution < 1.29 is 13.9 Å². The van der Waals surface area contributed by atoms with Gasteiger partial charge in [-0.25, -0.2) is 4.39 Å². The fourth-order valence-electron chi connectivity index (χ4n) is 1.50. The average Bonchev–Trinajstić information content (AvgIpc) is 2.40. The summed E-state index contributed by atoms with van der Waals surface area (Å²) >= 11 is 5.27. The molecule has 0 radical (unpaired) electrons. The van der Waals surface area contributed by atoms with Crippen molar-refractivity contribution in [3.05, 3.63) is 31.6 Å². The Kier molecular flexibility index (Phi) is 7.93. The van der Waals surface area contributed by atoms with Crippen molar-refractivity contribution in [1.82, 2.24) is 0 Å². The Morgan fingerprint density at radius 3 is 2.55 bits per heavy atom. The third-order valence-electron chi connectivity index (χ3n) is 2.38. The van der Waals surface area contributed by atoms with Crippen LogP contribution in [-0.2, 0) is 16.0 Å². The number of ether oxygens (including phenoxy) is 2. The number of aliphatic imine (C=N–C) groups is 1. The summed E-state index contributed by atoms with van der Waals surface area (Å²) in [6.07, 6.45) is -0.681. The van der Waals surface area contributed by atoms with Crippen molar-refractivity contribution in [2.24, 2.45) is 10.7 Å². The summed E-state index contributed by atoms with van der Waals surface area (Å²) in [5.74, 6) is -0.0715.